The van der Waals surface area contributed by atoms with Gasteiger partial charge in [0.1, 0.15) is 4.83 Å². The Morgan fingerprint density at radius 3 is 2.76 bits per heavy atom. The van der Waals surface area contributed by atoms with E-state index >= 15 is 0 Å². The zero-order valence-corrected chi connectivity index (χ0v) is 15.2. The highest BCUT2D eigenvalue weighted by Crippen LogP contribution is 2.30. The van der Waals surface area contributed by atoms with Crippen molar-refractivity contribution >= 4 is 27.5 Å². The molecule has 6 heteroatoms. The number of hydrogen-bond acceptors (Lipinski definition) is 4. The van der Waals surface area contributed by atoms with Crippen molar-refractivity contribution in [3.63, 3.8) is 0 Å². The minimum Gasteiger partial charge on any atom is -0.356 e. The Morgan fingerprint density at radius 1 is 1.28 bits per heavy atom. The first-order valence-electron chi connectivity index (χ1n) is 8.40. The van der Waals surface area contributed by atoms with E-state index in [-0.39, 0.29) is 17.9 Å². The SMILES string of the molecule is CCCNC(=O)CCn1cnc2scc(-c3ccc(C)cc3)c2c1=O. The van der Waals surface area contributed by atoms with Crippen molar-refractivity contribution in [2.45, 2.75) is 33.2 Å². The second kappa shape index (κ2) is 7.61. The van der Waals surface area contributed by atoms with Crippen LogP contribution in [0.3, 0.4) is 0 Å². The summed E-state index contributed by atoms with van der Waals surface area (Å²) in [6.45, 7) is 5.03. The van der Waals surface area contributed by atoms with Crippen LogP contribution in [0.2, 0.25) is 0 Å². The van der Waals surface area contributed by atoms with Gasteiger partial charge < -0.3 is 5.32 Å². The summed E-state index contributed by atoms with van der Waals surface area (Å²) in [5.41, 5.74) is 3.00. The van der Waals surface area contributed by atoms with Crippen molar-refractivity contribution in [1.29, 1.82) is 0 Å². The number of benzene rings is 1. The maximum Gasteiger partial charge on any atom is 0.262 e. The van der Waals surface area contributed by atoms with Gasteiger partial charge in [0.15, 0.2) is 0 Å². The molecule has 1 N–H and O–H groups in total. The number of nitrogens with one attached hydrogen (secondary N) is 1. The van der Waals surface area contributed by atoms with E-state index in [2.05, 4.69) is 10.3 Å². The first-order valence-corrected chi connectivity index (χ1v) is 9.28. The number of rotatable bonds is 6. The van der Waals surface area contributed by atoms with Gasteiger partial charge in [-0.1, -0.05) is 36.8 Å². The molecule has 0 aliphatic rings. The molecule has 3 aromatic rings. The Bertz CT molecular complexity index is 941. The average molecular weight is 355 g/mol. The first-order chi connectivity index (χ1) is 12.1. The molecule has 2 heterocycles. The van der Waals surface area contributed by atoms with Crippen molar-refractivity contribution in [3.8, 4) is 11.1 Å². The molecule has 2 aromatic heterocycles. The Hall–Kier alpha value is -2.47. The molecule has 0 unspecified atom stereocenters. The zero-order valence-electron chi connectivity index (χ0n) is 14.4. The number of thiophene rings is 1. The number of aromatic nitrogens is 2. The zero-order chi connectivity index (χ0) is 17.8. The fourth-order valence-electron chi connectivity index (χ4n) is 2.65. The predicted molar refractivity (Wildman–Crippen MR) is 102 cm³/mol. The topological polar surface area (TPSA) is 64.0 Å². The summed E-state index contributed by atoms with van der Waals surface area (Å²) >= 11 is 1.47. The van der Waals surface area contributed by atoms with Gasteiger partial charge in [0, 0.05) is 30.5 Å². The Morgan fingerprint density at radius 2 is 2.04 bits per heavy atom. The van der Waals surface area contributed by atoms with E-state index in [1.807, 2.05) is 43.5 Å². The van der Waals surface area contributed by atoms with Crippen LogP contribution in [0.4, 0.5) is 0 Å². The van der Waals surface area contributed by atoms with Gasteiger partial charge >= 0.3 is 0 Å². The molecule has 3 rings (SSSR count). The van der Waals surface area contributed by atoms with E-state index in [9.17, 15) is 9.59 Å². The summed E-state index contributed by atoms with van der Waals surface area (Å²) in [7, 11) is 0. The number of carbonyl (C=O) groups is 1. The monoisotopic (exact) mass is 355 g/mol. The van der Waals surface area contributed by atoms with Crippen molar-refractivity contribution in [1.82, 2.24) is 14.9 Å². The van der Waals surface area contributed by atoms with Crippen LogP contribution in [0.5, 0.6) is 0 Å². The van der Waals surface area contributed by atoms with E-state index in [4.69, 9.17) is 0 Å². The molecule has 1 amide bonds. The second-order valence-corrected chi connectivity index (χ2v) is 6.90. The van der Waals surface area contributed by atoms with Crippen LogP contribution in [0.25, 0.3) is 21.3 Å². The lowest BCUT2D eigenvalue weighted by Gasteiger charge is -2.07. The number of hydrogen-bond donors (Lipinski definition) is 1. The summed E-state index contributed by atoms with van der Waals surface area (Å²) < 4.78 is 1.53. The van der Waals surface area contributed by atoms with Gasteiger partial charge in [-0.15, -0.1) is 11.3 Å². The lowest BCUT2D eigenvalue weighted by atomic mass is 10.1. The minimum atomic E-state index is -0.0925. The van der Waals surface area contributed by atoms with Crippen LogP contribution in [0, 0.1) is 6.92 Å². The third-order valence-corrected chi connectivity index (χ3v) is 4.96. The molecule has 25 heavy (non-hydrogen) atoms. The fraction of sp³-hybridized carbons (Fsp3) is 0.316. The highest BCUT2D eigenvalue weighted by molar-refractivity contribution is 7.17. The van der Waals surface area contributed by atoms with Crippen molar-refractivity contribution in [2.75, 3.05) is 6.54 Å². The molecule has 130 valence electrons. The molecule has 0 atom stereocenters. The van der Waals surface area contributed by atoms with Crippen LogP contribution in [0.1, 0.15) is 25.3 Å². The molecule has 0 saturated heterocycles. The van der Waals surface area contributed by atoms with Gasteiger partial charge in [0.25, 0.3) is 5.56 Å². The highest BCUT2D eigenvalue weighted by atomic mass is 32.1. The van der Waals surface area contributed by atoms with Gasteiger partial charge in [0.2, 0.25) is 5.91 Å². The molecule has 0 fully saturated rings. The molecule has 0 spiro atoms. The lowest BCUT2D eigenvalue weighted by Crippen LogP contribution is -2.28. The molecule has 0 saturated carbocycles. The Balaban J connectivity index is 1.91. The smallest absolute Gasteiger partial charge is 0.262 e. The molecule has 0 bridgehead atoms. The van der Waals surface area contributed by atoms with Crippen molar-refractivity contribution < 1.29 is 4.79 Å². The van der Waals surface area contributed by atoms with Crippen LogP contribution in [-0.2, 0) is 11.3 Å². The first kappa shape index (κ1) is 17.4. The summed E-state index contributed by atoms with van der Waals surface area (Å²) in [6, 6.07) is 8.11. The van der Waals surface area contributed by atoms with Crippen molar-refractivity contribution in [3.05, 3.63) is 51.9 Å². The molecular formula is C19H21N3O2S. The van der Waals surface area contributed by atoms with E-state index in [1.54, 1.807) is 0 Å². The van der Waals surface area contributed by atoms with Gasteiger partial charge in [-0.3, -0.25) is 14.2 Å². The van der Waals surface area contributed by atoms with Crippen LogP contribution >= 0.6 is 11.3 Å². The molecule has 1 aromatic carbocycles. The number of amides is 1. The number of nitrogens with zero attached hydrogens (tertiary/aromatic N) is 2. The summed E-state index contributed by atoms with van der Waals surface area (Å²) in [5, 5.41) is 5.43. The third-order valence-electron chi connectivity index (χ3n) is 4.08. The van der Waals surface area contributed by atoms with E-state index in [0.29, 0.717) is 18.5 Å². The van der Waals surface area contributed by atoms with Crippen LogP contribution < -0.4 is 10.9 Å². The molecule has 0 aliphatic carbocycles. The van der Waals surface area contributed by atoms with E-state index in [1.165, 1.54) is 27.8 Å². The van der Waals surface area contributed by atoms with Gasteiger partial charge in [-0.2, -0.15) is 0 Å². The maximum atomic E-state index is 12.9. The number of aryl methyl sites for hydroxylation is 2. The third kappa shape index (κ3) is 3.79. The highest BCUT2D eigenvalue weighted by Gasteiger charge is 2.13. The Labute approximate surface area is 150 Å². The van der Waals surface area contributed by atoms with Gasteiger partial charge in [-0.25, -0.2) is 4.98 Å². The molecule has 0 aliphatic heterocycles. The largest absolute Gasteiger partial charge is 0.356 e. The predicted octanol–water partition coefficient (Wildman–Crippen LogP) is 3.35. The van der Waals surface area contributed by atoms with Crippen molar-refractivity contribution in [2.24, 2.45) is 0 Å². The fourth-order valence-corrected chi connectivity index (χ4v) is 3.55. The summed E-state index contributed by atoms with van der Waals surface area (Å²) in [4.78, 5) is 29.8. The standard InChI is InChI=1S/C19H21N3O2S/c1-3-9-20-16(23)8-10-22-12-21-18-17(19(22)24)15(11-25-18)14-6-4-13(2)5-7-14/h4-7,11-12H,3,8-10H2,1-2H3,(H,20,23). The number of fused-ring (bicyclic) bond motifs is 1. The van der Waals surface area contributed by atoms with Gasteiger partial charge in [0.05, 0.1) is 11.7 Å². The molecule has 5 nitrogen and oxygen atoms in total. The van der Waals surface area contributed by atoms with Crippen LogP contribution in [-0.4, -0.2) is 22.0 Å². The lowest BCUT2D eigenvalue weighted by molar-refractivity contribution is -0.121. The summed E-state index contributed by atoms with van der Waals surface area (Å²) in [5.74, 6) is -0.0436. The molecular weight excluding hydrogens is 334 g/mol. The van der Waals surface area contributed by atoms with Crippen LogP contribution in [0.15, 0.2) is 40.8 Å². The molecule has 0 radical (unpaired) electrons. The summed E-state index contributed by atoms with van der Waals surface area (Å²) in [6.07, 6.45) is 2.71. The quantitative estimate of drug-likeness (QED) is 0.737. The Kier molecular flexibility index (Phi) is 5.28. The minimum absolute atomic E-state index is 0.0436. The second-order valence-electron chi connectivity index (χ2n) is 6.04. The average Bonchev–Trinajstić information content (AvgIpc) is 3.05. The van der Waals surface area contributed by atoms with E-state index < -0.39 is 0 Å². The van der Waals surface area contributed by atoms with Gasteiger partial charge in [-0.05, 0) is 18.9 Å². The van der Waals surface area contributed by atoms with E-state index in [0.717, 1.165) is 22.4 Å². The normalized spacial score (nSPS) is 11.0. The number of carbonyl (C=O) groups excluding carboxylic acids is 1. The maximum absolute atomic E-state index is 12.9.